The monoisotopic (exact) mass is 417 g/mol. The Kier molecular flexibility index (Phi) is 7.56. The van der Waals surface area contributed by atoms with Gasteiger partial charge in [0, 0.05) is 32.9 Å². The molecule has 1 aromatic carbocycles. The van der Waals surface area contributed by atoms with E-state index in [1.807, 2.05) is 18.2 Å². The molecule has 1 atom stereocenters. The minimum atomic E-state index is -3.53. The number of hydrogen-bond donors (Lipinski definition) is 3. The molecule has 1 aliphatic heterocycles. The van der Waals surface area contributed by atoms with E-state index in [4.69, 9.17) is 4.74 Å². The van der Waals surface area contributed by atoms with Crippen LogP contribution in [0.15, 0.2) is 58.5 Å². The van der Waals surface area contributed by atoms with Gasteiger partial charge in [0.05, 0.1) is 23.2 Å². The van der Waals surface area contributed by atoms with Gasteiger partial charge >= 0.3 is 0 Å². The number of aliphatic imine (C=N–C) groups is 1. The molecule has 1 aromatic heterocycles. The smallest absolute Gasteiger partial charge is 0.240 e. The Bertz CT molecular complexity index is 895. The van der Waals surface area contributed by atoms with E-state index in [0.717, 1.165) is 24.1 Å². The molecule has 0 saturated carbocycles. The second-order valence-electron chi connectivity index (χ2n) is 6.73. The summed E-state index contributed by atoms with van der Waals surface area (Å²) in [5, 5.41) is 6.40. The van der Waals surface area contributed by atoms with Gasteiger partial charge in [-0.1, -0.05) is 18.2 Å². The third-order valence-corrected chi connectivity index (χ3v) is 6.04. The number of benzene rings is 1. The molecule has 2 aromatic rings. The van der Waals surface area contributed by atoms with E-state index >= 15 is 0 Å². The summed E-state index contributed by atoms with van der Waals surface area (Å²) >= 11 is 0. The van der Waals surface area contributed by atoms with Crippen LogP contribution in [0.25, 0.3) is 0 Å². The maximum absolute atomic E-state index is 12.4. The molecule has 8 nitrogen and oxygen atoms in total. The summed E-state index contributed by atoms with van der Waals surface area (Å²) in [5.41, 5.74) is 1.87. The van der Waals surface area contributed by atoms with Crippen LogP contribution >= 0.6 is 0 Å². The van der Waals surface area contributed by atoms with Crippen molar-refractivity contribution in [3.05, 3.63) is 59.9 Å². The molecule has 156 valence electrons. The summed E-state index contributed by atoms with van der Waals surface area (Å²) in [6, 6.07) is 12.5. The molecule has 0 radical (unpaired) electrons. The lowest BCUT2D eigenvalue weighted by atomic mass is 10.2. The van der Waals surface area contributed by atoms with Gasteiger partial charge in [-0.3, -0.25) is 9.98 Å². The van der Waals surface area contributed by atoms with Crippen molar-refractivity contribution in [2.75, 3.05) is 20.2 Å². The first-order valence-electron chi connectivity index (χ1n) is 9.61. The Hall–Kier alpha value is -2.49. The predicted molar refractivity (Wildman–Crippen MR) is 112 cm³/mol. The minimum absolute atomic E-state index is 0.0291. The summed E-state index contributed by atoms with van der Waals surface area (Å²) in [7, 11) is -1.84. The van der Waals surface area contributed by atoms with Gasteiger partial charge in [0.15, 0.2) is 5.96 Å². The normalized spacial score (nSPS) is 17.3. The van der Waals surface area contributed by atoms with Gasteiger partial charge in [-0.25, -0.2) is 13.1 Å². The highest BCUT2D eigenvalue weighted by atomic mass is 32.2. The van der Waals surface area contributed by atoms with Crippen molar-refractivity contribution in [2.45, 2.75) is 36.9 Å². The fourth-order valence-corrected chi connectivity index (χ4v) is 4.03. The number of nitrogens with one attached hydrogen (secondary N) is 3. The number of hydrogen-bond acceptors (Lipinski definition) is 5. The lowest BCUT2D eigenvalue weighted by Crippen LogP contribution is -2.36. The van der Waals surface area contributed by atoms with Crippen molar-refractivity contribution in [1.82, 2.24) is 20.3 Å². The molecular weight excluding hydrogens is 390 g/mol. The molecular formula is C20H27N5O3S. The Labute approximate surface area is 171 Å². The average molecular weight is 418 g/mol. The quantitative estimate of drug-likeness (QED) is 0.443. The standard InChI is InChI=1S/C20H27N5O3S/c1-21-20(24-14-17-5-2-3-11-22-17)23-13-16-7-9-19(10-8-16)29(26,27)25-15-18-6-4-12-28-18/h2-3,5,7-11,18,25H,4,6,12-15H2,1H3,(H2,21,23,24). The lowest BCUT2D eigenvalue weighted by molar-refractivity contribution is 0.114. The molecule has 1 unspecified atom stereocenters. The molecule has 9 heteroatoms. The topological polar surface area (TPSA) is 105 Å². The Morgan fingerprint density at radius 1 is 1.17 bits per heavy atom. The fraction of sp³-hybridized carbons (Fsp3) is 0.400. The molecule has 0 amide bonds. The molecule has 29 heavy (non-hydrogen) atoms. The molecule has 3 N–H and O–H groups in total. The van der Waals surface area contributed by atoms with Gasteiger partial charge in [0.2, 0.25) is 10.0 Å². The summed E-state index contributed by atoms with van der Waals surface area (Å²) < 4.78 is 32.9. The van der Waals surface area contributed by atoms with Crippen molar-refractivity contribution in [3.8, 4) is 0 Å². The van der Waals surface area contributed by atoms with E-state index in [9.17, 15) is 8.42 Å². The molecule has 0 spiro atoms. The number of aromatic nitrogens is 1. The number of pyridine rings is 1. The maximum Gasteiger partial charge on any atom is 0.240 e. The first kappa shape index (κ1) is 21.2. The summed E-state index contributed by atoms with van der Waals surface area (Å²) in [5.74, 6) is 0.644. The zero-order valence-electron chi connectivity index (χ0n) is 16.5. The molecule has 1 aliphatic rings. The second-order valence-corrected chi connectivity index (χ2v) is 8.50. The highest BCUT2D eigenvalue weighted by Gasteiger charge is 2.20. The zero-order chi connectivity index (χ0) is 20.5. The van der Waals surface area contributed by atoms with Crippen LogP contribution < -0.4 is 15.4 Å². The van der Waals surface area contributed by atoms with Crippen LogP contribution in [-0.2, 0) is 27.8 Å². The van der Waals surface area contributed by atoms with E-state index in [-0.39, 0.29) is 11.0 Å². The van der Waals surface area contributed by atoms with E-state index in [1.54, 1.807) is 37.5 Å². The van der Waals surface area contributed by atoms with Crippen LogP contribution in [0, 0.1) is 0 Å². The minimum Gasteiger partial charge on any atom is -0.377 e. The lowest BCUT2D eigenvalue weighted by Gasteiger charge is -2.13. The molecule has 1 saturated heterocycles. The number of nitrogens with zero attached hydrogens (tertiary/aromatic N) is 2. The molecule has 2 heterocycles. The molecule has 3 rings (SSSR count). The Morgan fingerprint density at radius 2 is 1.97 bits per heavy atom. The number of ether oxygens (including phenoxy) is 1. The van der Waals surface area contributed by atoms with Crippen molar-refractivity contribution in [2.24, 2.45) is 4.99 Å². The second kappa shape index (κ2) is 10.3. The maximum atomic E-state index is 12.4. The predicted octanol–water partition coefficient (Wildman–Crippen LogP) is 1.40. The van der Waals surface area contributed by atoms with Crippen LogP contribution in [-0.4, -0.2) is 45.7 Å². The third-order valence-electron chi connectivity index (χ3n) is 4.61. The van der Waals surface area contributed by atoms with Gasteiger partial charge in [-0.15, -0.1) is 0 Å². The highest BCUT2D eigenvalue weighted by molar-refractivity contribution is 7.89. The van der Waals surface area contributed by atoms with Gasteiger partial charge < -0.3 is 15.4 Å². The van der Waals surface area contributed by atoms with Gasteiger partial charge in [0.1, 0.15) is 0 Å². The third kappa shape index (κ3) is 6.52. The summed E-state index contributed by atoms with van der Waals surface area (Å²) in [6.07, 6.45) is 3.59. The van der Waals surface area contributed by atoms with Crippen molar-refractivity contribution >= 4 is 16.0 Å². The van der Waals surface area contributed by atoms with Crippen LogP contribution in [0.3, 0.4) is 0 Å². The van der Waals surface area contributed by atoms with Crippen molar-refractivity contribution < 1.29 is 13.2 Å². The largest absolute Gasteiger partial charge is 0.377 e. The van der Waals surface area contributed by atoms with Gasteiger partial charge in [0.25, 0.3) is 0 Å². The van der Waals surface area contributed by atoms with Crippen molar-refractivity contribution in [3.63, 3.8) is 0 Å². The number of guanidine groups is 1. The molecule has 0 aliphatic carbocycles. The van der Waals surface area contributed by atoms with E-state index in [1.165, 1.54) is 0 Å². The van der Waals surface area contributed by atoms with E-state index in [2.05, 4.69) is 25.3 Å². The average Bonchev–Trinajstić information content (AvgIpc) is 3.27. The first-order chi connectivity index (χ1) is 14.1. The molecule has 1 fully saturated rings. The Morgan fingerprint density at radius 3 is 2.62 bits per heavy atom. The van der Waals surface area contributed by atoms with Crippen molar-refractivity contribution in [1.29, 1.82) is 0 Å². The highest BCUT2D eigenvalue weighted by Crippen LogP contribution is 2.14. The van der Waals surface area contributed by atoms with Gasteiger partial charge in [-0.05, 0) is 42.7 Å². The van der Waals surface area contributed by atoms with Gasteiger partial charge in [-0.2, -0.15) is 0 Å². The van der Waals surface area contributed by atoms with Crippen LogP contribution in [0.1, 0.15) is 24.1 Å². The van der Waals surface area contributed by atoms with E-state index in [0.29, 0.717) is 32.2 Å². The SMILES string of the molecule is CN=C(NCc1ccc(S(=O)(=O)NCC2CCCO2)cc1)NCc1ccccn1. The Balaban J connectivity index is 1.48. The summed E-state index contributed by atoms with van der Waals surface area (Å²) in [6.45, 7) is 2.09. The van der Waals surface area contributed by atoms with E-state index < -0.39 is 10.0 Å². The first-order valence-corrected chi connectivity index (χ1v) is 11.1. The number of rotatable bonds is 8. The van der Waals surface area contributed by atoms with Crippen LogP contribution in [0.2, 0.25) is 0 Å². The van der Waals surface area contributed by atoms with Crippen LogP contribution in [0.5, 0.6) is 0 Å². The summed E-state index contributed by atoms with van der Waals surface area (Å²) in [4.78, 5) is 8.69. The van der Waals surface area contributed by atoms with Crippen LogP contribution in [0.4, 0.5) is 0 Å². The zero-order valence-corrected chi connectivity index (χ0v) is 17.3. The molecule has 0 bridgehead atoms. The number of sulfonamides is 1. The fourth-order valence-electron chi connectivity index (χ4n) is 2.96.